The van der Waals surface area contributed by atoms with Crippen LogP contribution in [0.5, 0.6) is 0 Å². The molecule has 13 heteroatoms. The number of halogens is 4. The minimum Gasteiger partial charge on any atom is -0.444 e. The number of fused-ring (bicyclic) bond motifs is 1. The number of ether oxygens (including phenoxy) is 2. The minimum absolute atomic E-state index is 0.0134. The van der Waals surface area contributed by atoms with Gasteiger partial charge in [0.25, 0.3) is 0 Å². The van der Waals surface area contributed by atoms with Crippen molar-refractivity contribution in [3.05, 3.63) is 30.2 Å². The number of benzene rings is 1. The zero-order valence-electron chi connectivity index (χ0n) is 20.0. The Balaban J connectivity index is 1.64. The summed E-state index contributed by atoms with van der Waals surface area (Å²) in [5, 5.41) is 9.84. The first-order valence-corrected chi connectivity index (χ1v) is 11.4. The third kappa shape index (κ3) is 6.25. The van der Waals surface area contributed by atoms with Crippen LogP contribution in [0.15, 0.2) is 28.8 Å². The van der Waals surface area contributed by atoms with Gasteiger partial charge in [0, 0.05) is 17.7 Å². The van der Waals surface area contributed by atoms with Crippen molar-refractivity contribution in [3.63, 3.8) is 0 Å². The third-order valence-electron chi connectivity index (χ3n) is 5.39. The number of rotatable bonds is 6. The largest absolute Gasteiger partial charge is 0.444 e. The number of hydrogen-bond donors (Lipinski definition) is 2. The van der Waals surface area contributed by atoms with Gasteiger partial charge in [-0.2, -0.15) is 18.2 Å². The van der Waals surface area contributed by atoms with E-state index in [0.717, 1.165) is 4.57 Å². The molecule has 0 aliphatic carbocycles. The highest BCUT2D eigenvalue weighted by Crippen LogP contribution is 2.35. The van der Waals surface area contributed by atoms with Gasteiger partial charge in [0.05, 0.1) is 23.9 Å². The number of alkyl carbamates (subject to hydrolysis) is 1. The van der Waals surface area contributed by atoms with Crippen molar-refractivity contribution in [2.24, 2.45) is 0 Å². The van der Waals surface area contributed by atoms with E-state index in [2.05, 4.69) is 20.8 Å². The molecule has 2 N–H and O–H groups in total. The lowest BCUT2D eigenvalue weighted by Crippen LogP contribution is -2.39. The van der Waals surface area contributed by atoms with Crippen molar-refractivity contribution in [2.45, 2.75) is 64.3 Å². The van der Waals surface area contributed by atoms with Gasteiger partial charge >= 0.3 is 12.3 Å². The van der Waals surface area contributed by atoms with Gasteiger partial charge in [0.2, 0.25) is 11.7 Å². The van der Waals surface area contributed by atoms with Gasteiger partial charge < -0.3 is 29.2 Å². The number of aromatic nitrogens is 3. The Kier molecular flexibility index (Phi) is 7.12. The van der Waals surface area contributed by atoms with Crippen molar-refractivity contribution >= 4 is 22.7 Å². The summed E-state index contributed by atoms with van der Waals surface area (Å²) in [6.07, 6.45) is -6.06. The number of nitrogens with zero attached hydrogens (tertiary/aromatic N) is 3. The number of carbonyl (C=O) groups is 1. The topological polar surface area (TPSA) is 103 Å². The Morgan fingerprint density at radius 1 is 1.28 bits per heavy atom. The first-order valence-electron chi connectivity index (χ1n) is 11.4. The molecule has 3 aromatic rings. The van der Waals surface area contributed by atoms with Crippen LogP contribution in [0, 0.1) is 0 Å². The first kappa shape index (κ1) is 25.7. The molecule has 1 saturated heterocycles. The van der Waals surface area contributed by atoms with Crippen LogP contribution >= 0.6 is 0 Å². The van der Waals surface area contributed by atoms with Crippen LogP contribution in [0.4, 0.5) is 28.0 Å². The molecule has 3 heterocycles. The predicted octanol–water partition coefficient (Wildman–Crippen LogP) is 4.82. The summed E-state index contributed by atoms with van der Waals surface area (Å²) in [5.41, 5.74) is 0.112. The van der Waals surface area contributed by atoms with E-state index in [4.69, 9.17) is 14.0 Å². The second-order valence-corrected chi connectivity index (χ2v) is 9.47. The van der Waals surface area contributed by atoms with Crippen molar-refractivity contribution in [1.82, 2.24) is 20.0 Å². The summed E-state index contributed by atoms with van der Waals surface area (Å²) < 4.78 is 71.2. The van der Waals surface area contributed by atoms with E-state index in [1.54, 1.807) is 32.9 Å². The van der Waals surface area contributed by atoms with Crippen molar-refractivity contribution in [1.29, 1.82) is 0 Å². The molecule has 9 nitrogen and oxygen atoms in total. The number of carbonyl (C=O) groups excluding carboxylic acids is 1. The highest BCUT2D eigenvalue weighted by atomic mass is 19.4. The van der Waals surface area contributed by atoms with Crippen LogP contribution in [0.25, 0.3) is 22.4 Å². The van der Waals surface area contributed by atoms with E-state index in [9.17, 15) is 22.4 Å². The minimum atomic E-state index is -4.53. The molecule has 0 radical (unpaired) electrons. The molecule has 4 rings (SSSR count). The number of nitrogens with one attached hydrogen (secondary N) is 2. The molecule has 1 amide bonds. The first-order chi connectivity index (χ1) is 16.9. The molecule has 0 bridgehead atoms. The zero-order chi connectivity index (χ0) is 26.1. The molecule has 0 unspecified atom stereocenters. The Morgan fingerprint density at radius 3 is 2.75 bits per heavy atom. The quantitative estimate of drug-likeness (QED) is 0.456. The lowest BCUT2D eigenvalue weighted by Gasteiger charge is -2.28. The molecule has 0 spiro atoms. The average Bonchev–Trinajstić information content (AvgIpc) is 3.37. The maximum absolute atomic E-state index is 14.3. The van der Waals surface area contributed by atoms with E-state index in [1.807, 2.05) is 0 Å². The number of alkyl halides is 4. The molecule has 1 aromatic carbocycles. The molecule has 2 atom stereocenters. The molecule has 1 aliphatic rings. The fraction of sp³-hybridized carbons (Fsp3) is 0.522. The SMILES string of the molecule is CC(C)(C)OC(=O)NCc1nc(-c2cc3c(N[C@@H]4CCOC[C@@H]4F)cccc3n2CC(F)(F)F)no1. The van der Waals surface area contributed by atoms with Crippen molar-refractivity contribution < 1.29 is 36.4 Å². The molecule has 196 valence electrons. The molecule has 1 fully saturated rings. The third-order valence-corrected chi connectivity index (χ3v) is 5.39. The Morgan fingerprint density at radius 2 is 2.06 bits per heavy atom. The van der Waals surface area contributed by atoms with Gasteiger partial charge in [-0.25, -0.2) is 9.18 Å². The average molecular weight is 513 g/mol. The Bertz CT molecular complexity index is 1220. The summed E-state index contributed by atoms with van der Waals surface area (Å²) in [5.74, 6) is -0.0997. The molecule has 0 saturated carbocycles. The van der Waals surface area contributed by atoms with Crippen LogP contribution < -0.4 is 10.6 Å². The lowest BCUT2D eigenvalue weighted by molar-refractivity contribution is -0.139. The molecule has 2 aromatic heterocycles. The van der Waals surface area contributed by atoms with Gasteiger partial charge in [-0.05, 0) is 45.4 Å². The highest BCUT2D eigenvalue weighted by molar-refractivity contribution is 5.96. The van der Waals surface area contributed by atoms with E-state index in [-0.39, 0.29) is 36.1 Å². The smallest absolute Gasteiger partial charge is 0.408 e. The van der Waals surface area contributed by atoms with Crippen LogP contribution in [-0.4, -0.2) is 58.0 Å². The molecular formula is C23H27F4N5O4. The maximum atomic E-state index is 14.3. The van der Waals surface area contributed by atoms with Crippen LogP contribution in [0.3, 0.4) is 0 Å². The fourth-order valence-electron chi connectivity index (χ4n) is 3.90. The van der Waals surface area contributed by atoms with Gasteiger partial charge in [-0.15, -0.1) is 0 Å². The summed E-state index contributed by atoms with van der Waals surface area (Å²) in [6.45, 7) is 3.99. The van der Waals surface area contributed by atoms with Crippen LogP contribution in [0.2, 0.25) is 0 Å². The fourth-order valence-corrected chi connectivity index (χ4v) is 3.90. The second kappa shape index (κ2) is 9.96. The summed E-state index contributed by atoms with van der Waals surface area (Å²) in [6, 6.07) is 5.79. The maximum Gasteiger partial charge on any atom is 0.408 e. The molecular weight excluding hydrogens is 486 g/mol. The van der Waals surface area contributed by atoms with Gasteiger partial charge in [0.1, 0.15) is 24.9 Å². The monoisotopic (exact) mass is 513 g/mol. The van der Waals surface area contributed by atoms with E-state index in [0.29, 0.717) is 24.1 Å². The van der Waals surface area contributed by atoms with Gasteiger partial charge in [0.15, 0.2) is 0 Å². The zero-order valence-corrected chi connectivity index (χ0v) is 20.0. The van der Waals surface area contributed by atoms with Gasteiger partial charge in [-0.1, -0.05) is 11.2 Å². The van der Waals surface area contributed by atoms with Crippen LogP contribution in [-0.2, 0) is 22.6 Å². The van der Waals surface area contributed by atoms with Gasteiger partial charge in [-0.3, -0.25) is 0 Å². The Hall–Kier alpha value is -3.35. The molecule has 36 heavy (non-hydrogen) atoms. The predicted molar refractivity (Wildman–Crippen MR) is 122 cm³/mol. The van der Waals surface area contributed by atoms with E-state index < -0.39 is 36.6 Å². The summed E-state index contributed by atoms with van der Waals surface area (Å²) >= 11 is 0. The molecule has 1 aliphatic heterocycles. The summed E-state index contributed by atoms with van der Waals surface area (Å²) in [7, 11) is 0. The van der Waals surface area contributed by atoms with E-state index >= 15 is 0 Å². The number of anilines is 1. The van der Waals surface area contributed by atoms with E-state index in [1.165, 1.54) is 12.1 Å². The number of hydrogen-bond acceptors (Lipinski definition) is 7. The highest BCUT2D eigenvalue weighted by Gasteiger charge is 2.32. The van der Waals surface area contributed by atoms with Crippen molar-refractivity contribution in [3.8, 4) is 11.5 Å². The normalized spacial score (nSPS) is 18.9. The summed E-state index contributed by atoms with van der Waals surface area (Å²) in [4.78, 5) is 16.0. The second-order valence-electron chi connectivity index (χ2n) is 9.47. The number of amides is 1. The van der Waals surface area contributed by atoms with Crippen molar-refractivity contribution in [2.75, 3.05) is 18.5 Å². The Labute approximate surface area is 204 Å². The van der Waals surface area contributed by atoms with Crippen LogP contribution in [0.1, 0.15) is 33.1 Å². The standard InChI is InChI=1S/C23H27F4N5O4/c1-22(2,3)35-21(33)28-10-19-30-20(31-36-19)18-9-13-15(29-16-7-8-34-11-14(16)24)5-4-6-17(13)32(18)12-23(25,26)27/h4-6,9,14,16,29H,7-8,10-12H2,1-3H3,(H,28,33)/t14-,16+/m0/s1. The lowest BCUT2D eigenvalue weighted by atomic mass is 10.1.